The fourth-order valence-corrected chi connectivity index (χ4v) is 3.40. The quantitative estimate of drug-likeness (QED) is 0.869. The van der Waals surface area contributed by atoms with Crippen LogP contribution in [0.2, 0.25) is 0 Å². The molecule has 0 aliphatic carbocycles. The fourth-order valence-electron chi connectivity index (χ4n) is 3.40. The Morgan fingerprint density at radius 2 is 1.81 bits per heavy atom. The summed E-state index contributed by atoms with van der Waals surface area (Å²) in [4.78, 5) is 14.9. The number of carbonyl (C=O) groups is 1. The van der Waals surface area contributed by atoms with Crippen LogP contribution in [0.3, 0.4) is 0 Å². The highest BCUT2D eigenvalue weighted by molar-refractivity contribution is 6.00. The largest absolute Gasteiger partial charge is 0.373 e. The zero-order valence-electron chi connectivity index (χ0n) is 11.9. The number of nitrogens with one attached hydrogen (secondary N) is 1. The number of rotatable bonds is 1. The van der Waals surface area contributed by atoms with E-state index in [2.05, 4.69) is 29.6 Å². The van der Waals surface area contributed by atoms with Crippen molar-refractivity contribution in [2.75, 3.05) is 16.8 Å². The van der Waals surface area contributed by atoms with Crippen LogP contribution in [0.15, 0.2) is 48.5 Å². The predicted molar refractivity (Wildman–Crippen MR) is 84.7 cm³/mol. The number of fused-ring (bicyclic) bond motifs is 2. The first-order chi connectivity index (χ1) is 10.3. The van der Waals surface area contributed by atoms with Gasteiger partial charge in [0.1, 0.15) is 6.04 Å². The smallest absolute Gasteiger partial charge is 0.249 e. The summed E-state index contributed by atoms with van der Waals surface area (Å²) in [6, 6.07) is 16.3. The van der Waals surface area contributed by atoms with E-state index in [-0.39, 0.29) is 11.9 Å². The van der Waals surface area contributed by atoms with E-state index in [1.807, 2.05) is 29.2 Å². The van der Waals surface area contributed by atoms with Gasteiger partial charge in [-0.3, -0.25) is 4.79 Å². The second-order valence-corrected chi connectivity index (χ2v) is 5.78. The molecule has 21 heavy (non-hydrogen) atoms. The van der Waals surface area contributed by atoms with E-state index in [0.717, 1.165) is 37.2 Å². The third-order valence-corrected chi connectivity index (χ3v) is 4.45. The molecule has 0 radical (unpaired) electrons. The van der Waals surface area contributed by atoms with Crippen LogP contribution in [0.1, 0.15) is 17.5 Å². The van der Waals surface area contributed by atoms with Gasteiger partial charge < -0.3 is 10.2 Å². The molecule has 3 nitrogen and oxygen atoms in total. The van der Waals surface area contributed by atoms with Gasteiger partial charge in [0, 0.05) is 24.3 Å². The van der Waals surface area contributed by atoms with Crippen molar-refractivity contribution in [2.24, 2.45) is 0 Å². The van der Waals surface area contributed by atoms with Crippen molar-refractivity contribution >= 4 is 17.3 Å². The third-order valence-electron chi connectivity index (χ3n) is 4.45. The molecule has 2 aliphatic rings. The Kier molecular flexibility index (Phi) is 2.92. The van der Waals surface area contributed by atoms with E-state index in [4.69, 9.17) is 0 Å². The van der Waals surface area contributed by atoms with Crippen molar-refractivity contribution in [2.45, 2.75) is 25.3 Å². The Hall–Kier alpha value is -2.29. The summed E-state index contributed by atoms with van der Waals surface area (Å²) in [6.07, 6.45) is 2.90. The maximum atomic E-state index is 12.9. The van der Waals surface area contributed by atoms with Gasteiger partial charge in [-0.1, -0.05) is 36.4 Å². The molecule has 3 heteroatoms. The van der Waals surface area contributed by atoms with E-state index < -0.39 is 0 Å². The summed E-state index contributed by atoms with van der Waals surface area (Å²) >= 11 is 0. The second kappa shape index (κ2) is 4.92. The van der Waals surface area contributed by atoms with Gasteiger partial charge in [0.15, 0.2) is 0 Å². The molecule has 106 valence electrons. The summed E-state index contributed by atoms with van der Waals surface area (Å²) in [5.41, 5.74) is 4.71. The lowest BCUT2D eigenvalue weighted by atomic mass is 10.0. The minimum Gasteiger partial charge on any atom is -0.373 e. The molecule has 2 aliphatic heterocycles. The van der Waals surface area contributed by atoms with E-state index in [9.17, 15) is 4.79 Å². The monoisotopic (exact) mass is 278 g/mol. The standard InChI is InChI=1S/C18H18N2O/c21-18(16-12-14-7-1-3-9-15(14)19-16)20-11-5-8-13-6-2-4-10-17(13)20/h1-4,6-7,9-10,16,19H,5,8,11-12H2. The van der Waals surface area contributed by atoms with Crippen LogP contribution in [0.5, 0.6) is 0 Å². The Bertz CT molecular complexity index is 670. The van der Waals surface area contributed by atoms with Gasteiger partial charge in [0.25, 0.3) is 0 Å². The summed E-state index contributed by atoms with van der Waals surface area (Å²) in [7, 11) is 0. The van der Waals surface area contributed by atoms with Gasteiger partial charge >= 0.3 is 0 Å². The number of aryl methyl sites for hydroxylation is 1. The number of para-hydroxylation sites is 2. The van der Waals surface area contributed by atoms with Gasteiger partial charge in [-0.05, 0) is 36.1 Å². The number of amides is 1. The lowest BCUT2D eigenvalue weighted by molar-refractivity contribution is -0.119. The number of carbonyl (C=O) groups excluding carboxylic acids is 1. The van der Waals surface area contributed by atoms with E-state index in [1.54, 1.807) is 0 Å². The zero-order chi connectivity index (χ0) is 14.2. The van der Waals surface area contributed by atoms with Crippen LogP contribution in [0.4, 0.5) is 11.4 Å². The average molecular weight is 278 g/mol. The minimum absolute atomic E-state index is 0.131. The summed E-state index contributed by atoms with van der Waals surface area (Å²) in [6.45, 7) is 0.824. The predicted octanol–water partition coefficient (Wildman–Crippen LogP) is 3.00. The molecular weight excluding hydrogens is 260 g/mol. The van der Waals surface area contributed by atoms with Crippen LogP contribution < -0.4 is 10.2 Å². The van der Waals surface area contributed by atoms with Crippen molar-refractivity contribution in [1.29, 1.82) is 0 Å². The van der Waals surface area contributed by atoms with Crippen LogP contribution in [0.25, 0.3) is 0 Å². The third kappa shape index (κ3) is 2.09. The minimum atomic E-state index is -0.131. The lowest BCUT2D eigenvalue weighted by Crippen LogP contribution is -2.44. The molecule has 2 aromatic rings. The molecule has 2 aromatic carbocycles. The van der Waals surface area contributed by atoms with Crippen molar-refractivity contribution < 1.29 is 4.79 Å². The number of benzene rings is 2. The van der Waals surface area contributed by atoms with Gasteiger partial charge in [0.2, 0.25) is 5.91 Å². The maximum Gasteiger partial charge on any atom is 0.249 e. The van der Waals surface area contributed by atoms with Crippen LogP contribution in [-0.4, -0.2) is 18.5 Å². The molecule has 2 heterocycles. The molecule has 1 atom stereocenters. The Morgan fingerprint density at radius 1 is 1.05 bits per heavy atom. The number of hydrogen-bond donors (Lipinski definition) is 1. The number of hydrogen-bond acceptors (Lipinski definition) is 2. The summed E-state index contributed by atoms with van der Waals surface area (Å²) in [5.74, 6) is 0.193. The maximum absolute atomic E-state index is 12.9. The topological polar surface area (TPSA) is 32.3 Å². The molecule has 1 N–H and O–H groups in total. The molecule has 0 spiro atoms. The Morgan fingerprint density at radius 3 is 2.67 bits per heavy atom. The molecule has 0 fully saturated rings. The van der Waals surface area contributed by atoms with Gasteiger partial charge in [-0.25, -0.2) is 0 Å². The molecule has 0 aromatic heterocycles. The number of nitrogens with zero attached hydrogens (tertiary/aromatic N) is 1. The highest BCUT2D eigenvalue weighted by atomic mass is 16.2. The highest BCUT2D eigenvalue weighted by Crippen LogP contribution is 2.31. The van der Waals surface area contributed by atoms with Crippen molar-refractivity contribution in [1.82, 2.24) is 0 Å². The van der Waals surface area contributed by atoms with Crippen LogP contribution >= 0.6 is 0 Å². The average Bonchev–Trinajstić information content (AvgIpc) is 2.97. The molecule has 0 saturated carbocycles. The molecule has 4 rings (SSSR count). The fraction of sp³-hybridized carbons (Fsp3) is 0.278. The van der Waals surface area contributed by atoms with Gasteiger partial charge in [0.05, 0.1) is 0 Å². The molecular formula is C18H18N2O. The van der Waals surface area contributed by atoms with E-state index in [1.165, 1.54) is 11.1 Å². The van der Waals surface area contributed by atoms with Gasteiger partial charge in [-0.2, -0.15) is 0 Å². The second-order valence-electron chi connectivity index (χ2n) is 5.78. The lowest BCUT2D eigenvalue weighted by Gasteiger charge is -2.31. The SMILES string of the molecule is O=C(C1Cc2ccccc2N1)N1CCCc2ccccc21. The van der Waals surface area contributed by atoms with Crippen molar-refractivity contribution in [3.8, 4) is 0 Å². The summed E-state index contributed by atoms with van der Waals surface area (Å²) < 4.78 is 0. The first-order valence-electron chi connectivity index (χ1n) is 7.56. The Balaban J connectivity index is 1.60. The highest BCUT2D eigenvalue weighted by Gasteiger charge is 2.32. The molecule has 1 amide bonds. The Labute approximate surface area is 124 Å². The molecule has 0 bridgehead atoms. The van der Waals surface area contributed by atoms with Crippen molar-refractivity contribution in [3.05, 3.63) is 59.7 Å². The van der Waals surface area contributed by atoms with Crippen molar-refractivity contribution in [3.63, 3.8) is 0 Å². The van der Waals surface area contributed by atoms with Crippen LogP contribution in [0, 0.1) is 0 Å². The van der Waals surface area contributed by atoms with Gasteiger partial charge in [-0.15, -0.1) is 0 Å². The van der Waals surface area contributed by atoms with E-state index in [0.29, 0.717) is 0 Å². The normalized spacial score (nSPS) is 19.6. The summed E-state index contributed by atoms with van der Waals surface area (Å²) in [5, 5.41) is 3.37. The number of anilines is 2. The van der Waals surface area contributed by atoms with Crippen LogP contribution in [-0.2, 0) is 17.6 Å². The zero-order valence-corrected chi connectivity index (χ0v) is 11.9. The van der Waals surface area contributed by atoms with E-state index >= 15 is 0 Å². The molecule has 1 unspecified atom stereocenters. The molecule has 0 saturated heterocycles. The first-order valence-corrected chi connectivity index (χ1v) is 7.56. The first kappa shape index (κ1) is 12.5.